The summed E-state index contributed by atoms with van der Waals surface area (Å²) in [5.41, 5.74) is 0. The minimum Gasteiger partial charge on any atom is -0.462 e. The van der Waals surface area contributed by atoms with Crippen LogP contribution in [0, 0.1) is 5.92 Å². The lowest BCUT2D eigenvalue weighted by Gasteiger charge is -2.20. The Hall–Kier alpha value is -1.88. The number of ketones is 1. The van der Waals surface area contributed by atoms with Crippen LogP contribution in [0.15, 0.2) is 24.3 Å². The number of aliphatic hydroxyl groups excluding tert-OH is 2. The van der Waals surface area contributed by atoms with Crippen LogP contribution in [0.1, 0.15) is 194 Å². The number of hydrogen-bond acceptors (Lipinski definition) is 10. The highest BCUT2D eigenvalue weighted by Gasteiger charge is 2.27. The average molecular weight is 817 g/mol. The second-order valence-corrected chi connectivity index (χ2v) is 17.0. The number of carbonyl (C=O) groups is 3. The summed E-state index contributed by atoms with van der Waals surface area (Å²) in [6.07, 6.45) is 32.5. The lowest BCUT2D eigenvalue weighted by atomic mass is 10.0. The first-order chi connectivity index (χ1) is 27.0. The summed E-state index contributed by atoms with van der Waals surface area (Å²) in [5, 5.41) is 18.3. The Morgan fingerprint density at radius 1 is 0.625 bits per heavy atom. The summed E-state index contributed by atoms with van der Waals surface area (Å²) in [5.74, 6) is -0.0935. The molecule has 0 rings (SSSR count). The molecule has 0 aliphatic rings. The summed E-state index contributed by atoms with van der Waals surface area (Å²) in [6, 6.07) is 0. The number of allylic oxidation sites excluding steroid dienone is 4. The number of esters is 2. The molecule has 0 aromatic rings. The third-order valence-electron chi connectivity index (χ3n) is 9.51. The van der Waals surface area contributed by atoms with E-state index >= 15 is 0 Å². The molecule has 0 amide bonds. The van der Waals surface area contributed by atoms with Crippen molar-refractivity contribution in [3.63, 3.8) is 0 Å². The first-order valence-corrected chi connectivity index (χ1v) is 23.6. The van der Waals surface area contributed by atoms with Gasteiger partial charge < -0.3 is 24.6 Å². The second kappa shape index (κ2) is 38.6. The maximum Gasteiger partial charge on any atom is 0.472 e. The Labute approximate surface area is 340 Å². The predicted octanol–water partition coefficient (Wildman–Crippen LogP) is 10.8. The summed E-state index contributed by atoms with van der Waals surface area (Å²) in [7, 11) is -4.65. The highest BCUT2D eigenvalue weighted by atomic mass is 31.2. The van der Waals surface area contributed by atoms with E-state index in [1.807, 2.05) is 6.08 Å². The Balaban J connectivity index is 4.34. The number of rotatable bonds is 41. The van der Waals surface area contributed by atoms with Crippen molar-refractivity contribution >= 4 is 25.5 Å². The van der Waals surface area contributed by atoms with Gasteiger partial charge in [0.15, 0.2) is 11.9 Å². The topological polar surface area (TPSA) is 166 Å². The van der Waals surface area contributed by atoms with E-state index in [0.29, 0.717) is 19.3 Å². The number of hydrogen-bond donors (Lipinski definition) is 3. The van der Waals surface area contributed by atoms with E-state index in [-0.39, 0.29) is 25.2 Å². The molecule has 56 heavy (non-hydrogen) atoms. The molecule has 0 saturated carbocycles. The van der Waals surface area contributed by atoms with Crippen LogP contribution in [-0.4, -0.2) is 71.5 Å². The monoisotopic (exact) mass is 817 g/mol. The van der Waals surface area contributed by atoms with Crippen LogP contribution in [0.3, 0.4) is 0 Å². The number of phosphoric acid groups is 1. The van der Waals surface area contributed by atoms with Crippen LogP contribution in [0.2, 0.25) is 0 Å². The molecular formula is C44H81O11P. The van der Waals surface area contributed by atoms with Crippen LogP contribution in [0.25, 0.3) is 0 Å². The molecule has 0 bridgehead atoms. The van der Waals surface area contributed by atoms with Crippen molar-refractivity contribution in [2.24, 2.45) is 5.92 Å². The molecule has 0 aromatic heterocycles. The molecule has 0 fully saturated rings. The van der Waals surface area contributed by atoms with Gasteiger partial charge in [0.25, 0.3) is 0 Å². The van der Waals surface area contributed by atoms with Gasteiger partial charge in [-0.25, -0.2) is 4.57 Å². The number of carbonyl (C=O) groups excluding carboxylic acids is 3. The maximum absolute atomic E-state index is 12.6. The molecule has 11 nitrogen and oxygen atoms in total. The Kier molecular flexibility index (Phi) is 37.3. The molecule has 12 heteroatoms. The van der Waals surface area contributed by atoms with Gasteiger partial charge >= 0.3 is 19.8 Å². The van der Waals surface area contributed by atoms with Gasteiger partial charge in [0.05, 0.1) is 19.8 Å². The second-order valence-electron chi connectivity index (χ2n) is 15.6. The fraction of sp³-hybridized carbons (Fsp3) is 0.841. The van der Waals surface area contributed by atoms with Crippen LogP contribution >= 0.6 is 7.82 Å². The smallest absolute Gasteiger partial charge is 0.462 e. The number of unbranched alkanes of at least 4 members (excludes halogenated alkanes) is 20. The molecule has 0 spiro atoms. The van der Waals surface area contributed by atoms with Crippen molar-refractivity contribution in [3.05, 3.63) is 24.3 Å². The van der Waals surface area contributed by atoms with E-state index < -0.39 is 51.8 Å². The van der Waals surface area contributed by atoms with E-state index in [1.165, 1.54) is 83.5 Å². The van der Waals surface area contributed by atoms with Gasteiger partial charge in [-0.05, 0) is 44.1 Å². The normalized spacial score (nSPS) is 14.1. The Morgan fingerprint density at radius 3 is 1.66 bits per heavy atom. The van der Waals surface area contributed by atoms with Gasteiger partial charge in [0, 0.05) is 19.3 Å². The molecular weight excluding hydrogens is 735 g/mol. The molecule has 0 aliphatic heterocycles. The van der Waals surface area contributed by atoms with Crippen molar-refractivity contribution in [3.8, 4) is 0 Å². The van der Waals surface area contributed by atoms with E-state index in [4.69, 9.17) is 19.1 Å². The lowest BCUT2D eigenvalue weighted by molar-refractivity contribution is -0.161. The fourth-order valence-electron chi connectivity index (χ4n) is 6.04. The molecule has 328 valence electrons. The van der Waals surface area contributed by atoms with Crippen molar-refractivity contribution in [2.75, 3.05) is 26.4 Å². The third-order valence-corrected chi connectivity index (χ3v) is 10.5. The van der Waals surface area contributed by atoms with Gasteiger partial charge in [-0.2, -0.15) is 0 Å². The highest BCUT2D eigenvalue weighted by molar-refractivity contribution is 7.47. The minimum atomic E-state index is -4.65. The van der Waals surface area contributed by atoms with Crippen molar-refractivity contribution in [2.45, 2.75) is 206 Å². The molecule has 3 N–H and O–H groups in total. The summed E-state index contributed by atoms with van der Waals surface area (Å²) < 4.78 is 32.6. The van der Waals surface area contributed by atoms with Gasteiger partial charge in [-0.15, -0.1) is 0 Å². The zero-order valence-electron chi connectivity index (χ0n) is 35.5. The van der Waals surface area contributed by atoms with Gasteiger partial charge in [0.2, 0.25) is 0 Å². The number of phosphoric ester groups is 1. The summed E-state index contributed by atoms with van der Waals surface area (Å²) in [6.45, 7) is 4.54. The molecule has 0 heterocycles. The van der Waals surface area contributed by atoms with Crippen molar-refractivity contribution in [1.29, 1.82) is 0 Å². The maximum atomic E-state index is 12.6. The minimum absolute atomic E-state index is 0.100. The van der Waals surface area contributed by atoms with Crippen LogP contribution in [0.4, 0.5) is 0 Å². The van der Waals surface area contributed by atoms with Crippen molar-refractivity contribution < 1.29 is 52.6 Å². The van der Waals surface area contributed by atoms with Crippen LogP contribution in [-0.2, 0) is 37.5 Å². The summed E-state index contributed by atoms with van der Waals surface area (Å²) >= 11 is 0. The van der Waals surface area contributed by atoms with Gasteiger partial charge in [-0.1, -0.05) is 161 Å². The van der Waals surface area contributed by atoms with Crippen LogP contribution in [0.5, 0.6) is 0 Å². The molecule has 1 unspecified atom stereocenters. The Morgan fingerprint density at radius 2 is 1.12 bits per heavy atom. The van der Waals surface area contributed by atoms with E-state index in [2.05, 4.69) is 31.4 Å². The molecule has 3 atom stereocenters. The van der Waals surface area contributed by atoms with Crippen LogP contribution < -0.4 is 0 Å². The first kappa shape index (κ1) is 54.1. The van der Waals surface area contributed by atoms with E-state index in [9.17, 15) is 28.9 Å². The van der Waals surface area contributed by atoms with Gasteiger partial charge in [-0.3, -0.25) is 23.4 Å². The zero-order valence-corrected chi connectivity index (χ0v) is 36.4. The Bertz CT molecular complexity index is 1060. The number of aliphatic hydroxyl groups is 2. The molecule has 0 saturated heterocycles. The third kappa shape index (κ3) is 39.0. The average Bonchev–Trinajstić information content (AvgIpc) is 3.16. The standard InChI is InChI=1S/C44H81O11P/c1-4-5-6-7-16-21-26-31-40(46)32-27-22-19-24-29-34-44(49)55-42(38-54-56(50,51)53-36-41(47)35-45)37-52-43(48)33-28-23-18-15-13-11-9-8-10-12-14-17-20-25-30-39(2)3/h16,21,26,31,39,41-42,45,47H,4-15,17-20,22-25,27-30,32-38H2,1-3H3,(H,50,51)/b21-16-,31-26+/t41-,42+/m0/s1. The first-order valence-electron chi connectivity index (χ1n) is 22.1. The molecule has 0 radical (unpaired) electrons. The highest BCUT2D eigenvalue weighted by Crippen LogP contribution is 2.43. The van der Waals surface area contributed by atoms with Crippen molar-refractivity contribution in [1.82, 2.24) is 0 Å². The summed E-state index contributed by atoms with van der Waals surface area (Å²) in [4.78, 5) is 47.0. The quantitative estimate of drug-likeness (QED) is 0.0177. The molecule has 0 aliphatic carbocycles. The predicted molar refractivity (Wildman–Crippen MR) is 224 cm³/mol. The largest absolute Gasteiger partial charge is 0.472 e. The lowest BCUT2D eigenvalue weighted by Crippen LogP contribution is -2.29. The SMILES string of the molecule is CCCCC/C=C\C=C\C(=O)CCCCCCCC(=O)O[C@H](COC(=O)CCCCCCCCCCCCCCCCC(C)C)COP(=O)(O)OC[C@@H](O)CO. The van der Waals surface area contributed by atoms with E-state index in [0.717, 1.165) is 63.7 Å². The van der Waals surface area contributed by atoms with E-state index in [1.54, 1.807) is 12.2 Å². The number of ether oxygens (including phenoxy) is 2. The van der Waals surface area contributed by atoms with Gasteiger partial charge in [0.1, 0.15) is 12.7 Å². The zero-order chi connectivity index (χ0) is 41.5. The molecule has 0 aromatic carbocycles. The fourth-order valence-corrected chi connectivity index (χ4v) is 6.83.